The van der Waals surface area contributed by atoms with Crippen molar-refractivity contribution >= 4 is 21.8 Å². The van der Waals surface area contributed by atoms with E-state index in [-0.39, 0.29) is 23.8 Å². The third-order valence-electron chi connectivity index (χ3n) is 2.89. The lowest BCUT2D eigenvalue weighted by Crippen LogP contribution is -2.33. The first kappa shape index (κ1) is 12.5. The average molecular weight is 301 g/mol. The van der Waals surface area contributed by atoms with Crippen molar-refractivity contribution in [1.82, 2.24) is 10.6 Å². The van der Waals surface area contributed by atoms with Crippen molar-refractivity contribution in [2.24, 2.45) is 0 Å². The standard InChI is InChI=1S/C12H14BrFN2O/c1-7(16-9-5-12(17)15-6-9)10-3-2-8(14)4-11(10)13/h2-4,7,9,16H,5-6H2,1H3,(H,15,17). The van der Waals surface area contributed by atoms with Gasteiger partial charge in [0, 0.05) is 29.5 Å². The topological polar surface area (TPSA) is 41.1 Å². The van der Waals surface area contributed by atoms with Gasteiger partial charge in [-0.15, -0.1) is 0 Å². The highest BCUT2D eigenvalue weighted by atomic mass is 79.9. The first-order valence-corrected chi connectivity index (χ1v) is 6.33. The molecule has 1 fully saturated rings. The number of nitrogens with one attached hydrogen (secondary N) is 2. The smallest absolute Gasteiger partial charge is 0.221 e. The van der Waals surface area contributed by atoms with Crippen LogP contribution in [0.3, 0.4) is 0 Å². The molecule has 0 aliphatic carbocycles. The predicted molar refractivity (Wildman–Crippen MR) is 67.1 cm³/mol. The van der Waals surface area contributed by atoms with Gasteiger partial charge >= 0.3 is 0 Å². The molecule has 1 aliphatic rings. The Balaban J connectivity index is 2.04. The maximum Gasteiger partial charge on any atom is 0.221 e. The van der Waals surface area contributed by atoms with Gasteiger partial charge in [0.1, 0.15) is 5.82 Å². The van der Waals surface area contributed by atoms with Crippen molar-refractivity contribution in [2.45, 2.75) is 25.4 Å². The number of rotatable bonds is 3. The molecule has 2 atom stereocenters. The maximum atomic E-state index is 13.0. The van der Waals surface area contributed by atoms with E-state index in [1.807, 2.05) is 6.92 Å². The van der Waals surface area contributed by atoms with Gasteiger partial charge in [-0.3, -0.25) is 4.79 Å². The monoisotopic (exact) mass is 300 g/mol. The Morgan fingerprint density at radius 2 is 2.35 bits per heavy atom. The number of carbonyl (C=O) groups excluding carboxylic acids is 1. The van der Waals surface area contributed by atoms with Crippen molar-refractivity contribution in [3.8, 4) is 0 Å². The van der Waals surface area contributed by atoms with E-state index in [1.54, 1.807) is 6.07 Å². The molecule has 1 aromatic carbocycles. The van der Waals surface area contributed by atoms with Crippen LogP contribution in [0.25, 0.3) is 0 Å². The second kappa shape index (κ2) is 5.14. The van der Waals surface area contributed by atoms with E-state index in [1.165, 1.54) is 12.1 Å². The zero-order valence-electron chi connectivity index (χ0n) is 9.47. The first-order valence-electron chi connectivity index (χ1n) is 5.54. The Morgan fingerprint density at radius 3 is 2.94 bits per heavy atom. The van der Waals surface area contributed by atoms with Crippen molar-refractivity contribution in [1.29, 1.82) is 0 Å². The Hall–Kier alpha value is -0.940. The molecule has 1 saturated heterocycles. The molecule has 1 aliphatic heterocycles. The zero-order chi connectivity index (χ0) is 12.4. The molecule has 5 heteroatoms. The molecule has 0 spiro atoms. The molecule has 1 amide bonds. The van der Waals surface area contributed by atoms with Crippen LogP contribution in [0.5, 0.6) is 0 Å². The quantitative estimate of drug-likeness (QED) is 0.898. The molecular formula is C12H14BrFN2O. The molecule has 3 nitrogen and oxygen atoms in total. The molecule has 0 aromatic heterocycles. The van der Waals surface area contributed by atoms with Crippen LogP contribution in [0, 0.1) is 5.82 Å². The van der Waals surface area contributed by atoms with Crippen LogP contribution in [-0.2, 0) is 4.79 Å². The molecule has 0 bridgehead atoms. The number of benzene rings is 1. The number of halogens is 2. The average Bonchev–Trinajstić information content (AvgIpc) is 2.63. The maximum absolute atomic E-state index is 13.0. The summed E-state index contributed by atoms with van der Waals surface area (Å²) in [6, 6.07) is 4.86. The number of carbonyl (C=O) groups is 1. The summed E-state index contributed by atoms with van der Waals surface area (Å²) in [6.07, 6.45) is 0.503. The summed E-state index contributed by atoms with van der Waals surface area (Å²) in [6.45, 7) is 2.66. The Morgan fingerprint density at radius 1 is 1.59 bits per heavy atom. The lowest BCUT2D eigenvalue weighted by Gasteiger charge is -2.19. The van der Waals surface area contributed by atoms with Crippen LogP contribution in [0.4, 0.5) is 4.39 Å². The summed E-state index contributed by atoms with van der Waals surface area (Å²) in [5.41, 5.74) is 0.991. The van der Waals surface area contributed by atoms with Crippen LogP contribution in [0.15, 0.2) is 22.7 Å². The highest BCUT2D eigenvalue weighted by Gasteiger charge is 2.23. The highest BCUT2D eigenvalue weighted by Crippen LogP contribution is 2.24. The van der Waals surface area contributed by atoms with Crippen molar-refractivity contribution in [3.63, 3.8) is 0 Å². The highest BCUT2D eigenvalue weighted by molar-refractivity contribution is 9.10. The molecule has 1 heterocycles. The molecular weight excluding hydrogens is 287 g/mol. The second-order valence-corrected chi connectivity index (χ2v) is 5.11. The van der Waals surface area contributed by atoms with Gasteiger partial charge in [-0.05, 0) is 24.6 Å². The van der Waals surface area contributed by atoms with Crippen LogP contribution in [0.1, 0.15) is 24.9 Å². The Labute approximate surface area is 108 Å². The van der Waals surface area contributed by atoms with Gasteiger partial charge < -0.3 is 10.6 Å². The van der Waals surface area contributed by atoms with Crippen molar-refractivity contribution in [2.75, 3.05) is 6.54 Å². The van der Waals surface area contributed by atoms with Gasteiger partial charge in [-0.2, -0.15) is 0 Å². The largest absolute Gasteiger partial charge is 0.354 e. The summed E-state index contributed by atoms with van der Waals surface area (Å²) < 4.78 is 13.7. The minimum absolute atomic E-state index is 0.0719. The van der Waals surface area contributed by atoms with Crippen molar-refractivity contribution < 1.29 is 9.18 Å². The van der Waals surface area contributed by atoms with E-state index in [9.17, 15) is 9.18 Å². The van der Waals surface area contributed by atoms with E-state index in [0.29, 0.717) is 13.0 Å². The molecule has 0 radical (unpaired) electrons. The Kier molecular flexibility index (Phi) is 3.79. The van der Waals surface area contributed by atoms with Gasteiger partial charge in [-0.25, -0.2) is 4.39 Å². The minimum Gasteiger partial charge on any atom is -0.354 e. The van der Waals surface area contributed by atoms with E-state index >= 15 is 0 Å². The van der Waals surface area contributed by atoms with Gasteiger partial charge in [0.15, 0.2) is 0 Å². The van der Waals surface area contributed by atoms with Crippen LogP contribution in [0.2, 0.25) is 0 Å². The van der Waals surface area contributed by atoms with E-state index in [4.69, 9.17) is 0 Å². The molecule has 2 unspecified atom stereocenters. The first-order chi connectivity index (χ1) is 8.06. The molecule has 17 heavy (non-hydrogen) atoms. The van der Waals surface area contributed by atoms with Crippen LogP contribution >= 0.6 is 15.9 Å². The van der Waals surface area contributed by atoms with Gasteiger partial charge in [-0.1, -0.05) is 22.0 Å². The summed E-state index contributed by atoms with van der Waals surface area (Å²) in [7, 11) is 0. The predicted octanol–water partition coefficient (Wildman–Crippen LogP) is 2.13. The Bertz CT molecular complexity index is 439. The normalized spacial score (nSPS) is 21.4. The summed E-state index contributed by atoms with van der Waals surface area (Å²) in [5, 5.41) is 6.13. The summed E-state index contributed by atoms with van der Waals surface area (Å²) in [4.78, 5) is 11.1. The third kappa shape index (κ3) is 3.04. The van der Waals surface area contributed by atoms with Crippen LogP contribution < -0.4 is 10.6 Å². The van der Waals surface area contributed by atoms with E-state index in [0.717, 1.165) is 10.0 Å². The fourth-order valence-corrected chi connectivity index (χ4v) is 2.71. The molecule has 0 saturated carbocycles. The van der Waals surface area contributed by atoms with Crippen molar-refractivity contribution in [3.05, 3.63) is 34.1 Å². The SMILES string of the molecule is CC(NC1CNC(=O)C1)c1ccc(F)cc1Br. The van der Waals surface area contributed by atoms with Gasteiger partial charge in [0.25, 0.3) is 0 Å². The number of amides is 1. The van der Waals surface area contributed by atoms with Gasteiger partial charge in [0.2, 0.25) is 5.91 Å². The summed E-state index contributed by atoms with van der Waals surface area (Å²) in [5.74, 6) is -0.182. The van der Waals surface area contributed by atoms with E-state index in [2.05, 4.69) is 26.6 Å². The fourth-order valence-electron chi connectivity index (χ4n) is 2.02. The minimum atomic E-state index is -0.259. The molecule has 1 aromatic rings. The van der Waals surface area contributed by atoms with Gasteiger partial charge in [0.05, 0.1) is 0 Å². The number of hydrogen-bond acceptors (Lipinski definition) is 2. The van der Waals surface area contributed by atoms with E-state index < -0.39 is 0 Å². The zero-order valence-corrected chi connectivity index (χ0v) is 11.1. The lowest BCUT2D eigenvalue weighted by molar-refractivity contribution is -0.119. The number of hydrogen-bond donors (Lipinski definition) is 2. The molecule has 92 valence electrons. The third-order valence-corrected chi connectivity index (χ3v) is 3.58. The summed E-state index contributed by atoms with van der Waals surface area (Å²) >= 11 is 3.35. The molecule has 2 rings (SSSR count). The molecule has 2 N–H and O–H groups in total. The van der Waals surface area contributed by atoms with Crippen LogP contribution in [-0.4, -0.2) is 18.5 Å². The fraction of sp³-hybridized carbons (Fsp3) is 0.417. The lowest BCUT2D eigenvalue weighted by atomic mass is 10.1. The second-order valence-electron chi connectivity index (χ2n) is 4.26.